The summed E-state index contributed by atoms with van der Waals surface area (Å²) in [5.74, 6) is 0. The molecule has 1 aromatic carbocycles. The Kier molecular flexibility index (Phi) is 5.18. The van der Waals surface area contributed by atoms with E-state index in [1.165, 1.54) is 0 Å². The molecule has 1 saturated heterocycles. The first kappa shape index (κ1) is 14.6. The van der Waals surface area contributed by atoms with Crippen molar-refractivity contribution in [3.05, 3.63) is 48.6 Å². The molecule has 0 saturated carbocycles. The van der Waals surface area contributed by atoms with Gasteiger partial charge in [-0.1, -0.05) is 36.4 Å². The van der Waals surface area contributed by atoms with Gasteiger partial charge in [0.05, 0.1) is 12.6 Å². The van der Waals surface area contributed by atoms with Gasteiger partial charge in [-0.15, -0.1) is 6.58 Å². The summed E-state index contributed by atoms with van der Waals surface area (Å²) in [5, 5.41) is 9.72. The van der Waals surface area contributed by atoms with E-state index in [0.717, 1.165) is 24.8 Å². The average Bonchev–Trinajstić information content (AvgIpc) is 2.48. The molecule has 0 bridgehead atoms. The third-order valence-electron chi connectivity index (χ3n) is 3.56. The summed E-state index contributed by atoms with van der Waals surface area (Å²) in [7, 11) is 0. The van der Waals surface area contributed by atoms with Gasteiger partial charge in [-0.2, -0.15) is 0 Å². The molecule has 0 aromatic heterocycles. The van der Waals surface area contributed by atoms with Crippen molar-refractivity contribution in [2.24, 2.45) is 0 Å². The van der Waals surface area contributed by atoms with Crippen LogP contribution in [0.15, 0.2) is 43.0 Å². The zero-order valence-electron chi connectivity index (χ0n) is 11.6. The van der Waals surface area contributed by atoms with Crippen molar-refractivity contribution >= 4 is 6.09 Å². The normalized spacial score (nSPS) is 22.4. The standard InChI is InChI=1S/C16H21NO3/c1-2-6-14-9-10-15(18)11-17(14)16(19)20-12-13-7-4-3-5-8-13/h2-5,7-8,14-15,18H,1,6,9-12H2/t14-,15-/m1/s1. The molecule has 1 aromatic rings. The Morgan fingerprint density at radius 1 is 1.40 bits per heavy atom. The summed E-state index contributed by atoms with van der Waals surface area (Å²) in [6, 6.07) is 9.66. The molecular formula is C16H21NO3. The number of amides is 1. The number of carbonyl (C=O) groups is 1. The van der Waals surface area contributed by atoms with Gasteiger partial charge >= 0.3 is 6.09 Å². The van der Waals surface area contributed by atoms with Crippen molar-refractivity contribution in [3.63, 3.8) is 0 Å². The Morgan fingerprint density at radius 3 is 2.85 bits per heavy atom. The Bertz CT molecular complexity index is 446. The van der Waals surface area contributed by atoms with Gasteiger partial charge in [0.25, 0.3) is 0 Å². The fourth-order valence-corrected chi connectivity index (χ4v) is 2.47. The van der Waals surface area contributed by atoms with Crippen LogP contribution in [0.25, 0.3) is 0 Å². The number of carbonyl (C=O) groups excluding carboxylic acids is 1. The van der Waals surface area contributed by atoms with Crippen LogP contribution in [0.5, 0.6) is 0 Å². The van der Waals surface area contributed by atoms with Gasteiger partial charge in [-0.05, 0) is 24.8 Å². The second-order valence-electron chi connectivity index (χ2n) is 5.10. The molecule has 108 valence electrons. The van der Waals surface area contributed by atoms with E-state index in [0.29, 0.717) is 6.54 Å². The fourth-order valence-electron chi connectivity index (χ4n) is 2.47. The third-order valence-corrected chi connectivity index (χ3v) is 3.56. The number of hydrogen-bond donors (Lipinski definition) is 1. The minimum Gasteiger partial charge on any atom is -0.445 e. The van der Waals surface area contributed by atoms with Crippen molar-refractivity contribution in [2.45, 2.75) is 38.0 Å². The first-order chi connectivity index (χ1) is 9.70. The van der Waals surface area contributed by atoms with Gasteiger partial charge in [-0.3, -0.25) is 0 Å². The maximum absolute atomic E-state index is 12.2. The van der Waals surface area contributed by atoms with E-state index in [1.54, 1.807) is 11.0 Å². The monoisotopic (exact) mass is 275 g/mol. The lowest BCUT2D eigenvalue weighted by molar-refractivity contribution is 0.0212. The number of piperidine rings is 1. The second-order valence-corrected chi connectivity index (χ2v) is 5.10. The predicted molar refractivity (Wildman–Crippen MR) is 77.2 cm³/mol. The Labute approximate surface area is 119 Å². The molecule has 0 unspecified atom stereocenters. The topological polar surface area (TPSA) is 49.8 Å². The van der Waals surface area contributed by atoms with Gasteiger partial charge in [0.2, 0.25) is 0 Å². The summed E-state index contributed by atoms with van der Waals surface area (Å²) in [6.45, 7) is 4.32. The first-order valence-corrected chi connectivity index (χ1v) is 6.97. The van der Waals surface area contributed by atoms with E-state index in [-0.39, 0.29) is 18.7 Å². The lowest BCUT2D eigenvalue weighted by Gasteiger charge is -2.36. The minimum atomic E-state index is -0.458. The number of aliphatic hydroxyl groups excluding tert-OH is 1. The number of rotatable bonds is 4. The fraction of sp³-hybridized carbons (Fsp3) is 0.438. The number of hydrogen-bond acceptors (Lipinski definition) is 3. The second kappa shape index (κ2) is 7.10. The lowest BCUT2D eigenvalue weighted by atomic mass is 9.98. The third kappa shape index (κ3) is 3.84. The van der Waals surface area contributed by atoms with Gasteiger partial charge < -0.3 is 14.7 Å². The molecule has 1 aliphatic heterocycles. The van der Waals surface area contributed by atoms with Crippen LogP contribution in [-0.2, 0) is 11.3 Å². The molecule has 0 radical (unpaired) electrons. The largest absolute Gasteiger partial charge is 0.445 e. The van der Waals surface area contributed by atoms with Gasteiger partial charge in [0.15, 0.2) is 0 Å². The molecule has 0 aliphatic carbocycles. The van der Waals surface area contributed by atoms with Gasteiger partial charge in [0.1, 0.15) is 6.61 Å². The Hall–Kier alpha value is -1.81. The maximum atomic E-state index is 12.2. The summed E-state index contributed by atoms with van der Waals surface area (Å²) in [6.07, 6.45) is 3.22. The van der Waals surface area contributed by atoms with E-state index < -0.39 is 6.10 Å². The number of likely N-dealkylation sites (tertiary alicyclic amines) is 1. The smallest absolute Gasteiger partial charge is 0.410 e. The van der Waals surface area contributed by atoms with Crippen LogP contribution in [-0.4, -0.2) is 34.8 Å². The number of β-amino-alcohol motifs (C(OH)–C–C–N with tert-alkyl or cyclic N) is 1. The molecule has 20 heavy (non-hydrogen) atoms. The number of nitrogens with zero attached hydrogens (tertiary/aromatic N) is 1. The van der Waals surface area contributed by atoms with Crippen molar-refractivity contribution in [2.75, 3.05) is 6.54 Å². The molecule has 4 heteroatoms. The number of aliphatic hydroxyl groups is 1. The van der Waals surface area contributed by atoms with E-state index >= 15 is 0 Å². The quantitative estimate of drug-likeness (QED) is 0.860. The highest BCUT2D eigenvalue weighted by molar-refractivity contribution is 5.68. The van der Waals surface area contributed by atoms with Crippen LogP contribution in [0.1, 0.15) is 24.8 Å². The van der Waals surface area contributed by atoms with Crippen molar-refractivity contribution in [1.29, 1.82) is 0 Å². The molecule has 0 spiro atoms. The summed E-state index contributed by atoms with van der Waals surface area (Å²) >= 11 is 0. The first-order valence-electron chi connectivity index (χ1n) is 6.97. The van der Waals surface area contributed by atoms with Crippen LogP contribution < -0.4 is 0 Å². The van der Waals surface area contributed by atoms with E-state index in [9.17, 15) is 9.90 Å². The highest BCUT2D eigenvalue weighted by Crippen LogP contribution is 2.21. The SMILES string of the molecule is C=CC[C@@H]1CC[C@@H](O)CN1C(=O)OCc1ccccc1. The van der Waals surface area contributed by atoms with E-state index in [1.807, 2.05) is 30.3 Å². The van der Waals surface area contributed by atoms with E-state index in [4.69, 9.17) is 4.74 Å². The maximum Gasteiger partial charge on any atom is 0.410 e. The van der Waals surface area contributed by atoms with Crippen molar-refractivity contribution in [1.82, 2.24) is 4.90 Å². The van der Waals surface area contributed by atoms with Crippen molar-refractivity contribution < 1.29 is 14.6 Å². The van der Waals surface area contributed by atoms with Crippen LogP contribution in [0.2, 0.25) is 0 Å². The molecule has 1 fully saturated rings. The van der Waals surface area contributed by atoms with Crippen LogP contribution in [0.3, 0.4) is 0 Å². The molecule has 1 heterocycles. The molecule has 1 aliphatic rings. The van der Waals surface area contributed by atoms with Crippen LogP contribution >= 0.6 is 0 Å². The van der Waals surface area contributed by atoms with Crippen molar-refractivity contribution in [3.8, 4) is 0 Å². The summed E-state index contributed by atoms with van der Waals surface area (Å²) in [4.78, 5) is 13.8. The number of ether oxygens (including phenoxy) is 1. The highest BCUT2D eigenvalue weighted by atomic mass is 16.6. The van der Waals surface area contributed by atoms with E-state index in [2.05, 4.69) is 6.58 Å². The molecule has 4 nitrogen and oxygen atoms in total. The molecule has 1 N–H and O–H groups in total. The minimum absolute atomic E-state index is 0.0826. The molecule has 1 amide bonds. The Morgan fingerprint density at radius 2 is 2.15 bits per heavy atom. The average molecular weight is 275 g/mol. The molecular weight excluding hydrogens is 254 g/mol. The summed E-state index contributed by atoms with van der Waals surface area (Å²) in [5.41, 5.74) is 0.957. The Balaban J connectivity index is 1.93. The number of benzene rings is 1. The lowest BCUT2D eigenvalue weighted by Crippen LogP contribution is -2.48. The zero-order chi connectivity index (χ0) is 14.4. The molecule has 2 rings (SSSR count). The predicted octanol–water partition coefficient (Wildman–Crippen LogP) is 2.72. The zero-order valence-corrected chi connectivity index (χ0v) is 11.6. The highest BCUT2D eigenvalue weighted by Gasteiger charge is 2.30. The summed E-state index contributed by atoms with van der Waals surface area (Å²) < 4.78 is 5.33. The van der Waals surface area contributed by atoms with Crippen LogP contribution in [0.4, 0.5) is 4.79 Å². The van der Waals surface area contributed by atoms with Gasteiger partial charge in [0, 0.05) is 6.04 Å². The van der Waals surface area contributed by atoms with Gasteiger partial charge in [-0.25, -0.2) is 4.79 Å². The van der Waals surface area contributed by atoms with Crippen LogP contribution in [0, 0.1) is 0 Å². The molecule has 2 atom stereocenters.